The quantitative estimate of drug-likeness (QED) is 0.408. The summed E-state index contributed by atoms with van der Waals surface area (Å²) in [6.45, 7) is 3.86. The smallest absolute Gasteiger partial charge is 0.336 e. The van der Waals surface area contributed by atoms with E-state index in [2.05, 4.69) is 5.10 Å². The lowest BCUT2D eigenvalue weighted by Gasteiger charge is -2.03. The van der Waals surface area contributed by atoms with Gasteiger partial charge in [-0.15, -0.1) is 0 Å². The van der Waals surface area contributed by atoms with E-state index in [4.69, 9.17) is 10.00 Å². The van der Waals surface area contributed by atoms with E-state index < -0.39 is 5.97 Å². The van der Waals surface area contributed by atoms with Crippen LogP contribution in [0.2, 0.25) is 0 Å². The number of hydrogen-bond acceptors (Lipinski definition) is 4. The van der Waals surface area contributed by atoms with Crippen LogP contribution >= 0.6 is 0 Å². The van der Waals surface area contributed by atoms with Gasteiger partial charge in [-0.05, 0) is 56.3 Å². The SMILES string of the molecule is Cc1nn(-c2ccccc2)c(C)c1/C=C/C(=O)Oc1ccc(C#N)cc1. The number of aromatic nitrogens is 2. The molecule has 0 atom stereocenters. The summed E-state index contributed by atoms with van der Waals surface area (Å²) in [6.07, 6.45) is 3.09. The molecule has 128 valence electrons. The standard InChI is InChI=1S/C21H17N3O2/c1-15-20(16(2)24(23-15)18-6-4-3-5-7-18)12-13-21(25)26-19-10-8-17(14-22)9-11-19/h3-13H,1-2H3/b13-12+. The first kappa shape index (κ1) is 17.2. The number of benzene rings is 2. The topological polar surface area (TPSA) is 67.9 Å². The molecule has 0 fully saturated rings. The van der Waals surface area contributed by atoms with Crippen LogP contribution < -0.4 is 4.74 Å². The summed E-state index contributed by atoms with van der Waals surface area (Å²) < 4.78 is 7.09. The minimum absolute atomic E-state index is 0.395. The summed E-state index contributed by atoms with van der Waals surface area (Å²) in [5.74, 6) is -0.0898. The normalized spacial score (nSPS) is 10.7. The van der Waals surface area contributed by atoms with Gasteiger partial charge in [-0.1, -0.05) is 18.2 Å². The average molecular weight is 343 g/mol. The summed E-state index contributed by atoms with van der Waals surface area (Å²) >= 11 is 0. The fourth-order valence-corrected chi connectivity index (χ4v) is 2.62. The Morgan fingerprint density at radius 1 is 1.12 bits per heavy atom. The monoisotopic (exact) mass is 343 g/mol. The second-order valence-corrected chi connectivity index (χ2v) is 5.72. The van der Waals surface area contributed by atoms with Crippen LogP contribution in [-0.4, -0.2) is 15.7 Å². The molecule has 0 saturated carbocycles. The second kappa shape index (κ2) is 7.49. The summed E-state index contributed by atoms with van der Waals surface area (Å²) in [5, 5.41) is 13.3. The van der Waals surface area contributed by atoms with Gasteiger partial charge < -0.3 is 4.74 Å². The van der Waals surface area contributed by atoms with Crippen LogP contribution in [-0.2, 0) is 4.79 Å². The van der Waals surface area contributed by atoms with E-state index in [0.29, 0.717) is 11.3 Å². The Kier molecular flexibility index (Phi) is 4.95. The molecule has 0 aliphatic heterocycles. The number of nitriles is 1. The predicted octanol–water partition coefficient (Wildman–Crippen LogP) is 3.98. The van der Waals surface area contributed by atoms with Crippen molar-refractivity contribution in [3.8, 4) is 17.5 Å². The highest BCUT2D eigenvalue weighted by Crippen LogP contribution is 2.19. The van der Waals surface area contributed by atoms with Crippen LogP contribution in [0.3, 0.4) is 0 Å². The Labute approximate surface area is 151 Å². The van der Waals surface area contributed by atoms with E-state index >= 15 is 0 Å². The van der Waals surface area contributed by atoms with Crippen LogP contribution in [0, 0.1) is 25.2 Å². The molecule has 3 rings (SSSR count). The van der Waals surface area contributed by atoms with Crippen LogP contribution in [0.25, 0.3) is 11.8 Å². The maximum atomic E-state index is 12.0. The number of carbonyl (C=O) groups excluding carboxylic acids is 1. The van der Waals surface area contributed by atoms with E-state index in [-0.39, 0.29) is 0 Å². The largest absolute Gasteiger partial charge is 0.423 e. The second-order valence-electron chi connectivity index (χ2n) is 5.72. The van der Waals surface area contributed by atoms with Gasteiger partial charge >= 0.3 is 5.97 Å². The van der Waals surface area contributed by atoms with Gasteiger partial charge in [-0.25, -0.2) is 9.48 Å². The summed E-state index contributed by atoms with van der Waals surface area (Å²) in [7, 11) is 0. The lowest BCUT2D eigenvalue weighted by molar-refractivity contribution is -0.128. The Balaban J connectivity index is 1.77. The van der Waals surface area contributed by atoms with Crippen molar-refractivity contribution in [3.63, 3.8) is 0 Å². The van der Waals surface area contributed by atoms with Gasteiger partial charge in [-0.3, -0.25) is 0 Å². The van der Waals surface area contributed by atoms with Crippen LogP contribution in [0.4, 0.5) is 0 Å². The lowest BCUT2D eigenvalue weighted by atomic mass is 10.2. The molecule has 0 saturated heterocycles. The molecule has 3 aromatic rings. The molecule has 0 spiro atoms. The highest BCUT2D eigenvalue weighted by molar-refractivity contribution is 5.89. The molecule has 5 heteroatoms. The lowest BCUT2D eigenvalue weighted by Crippen LogP contribution is -2.03. The Morgan fingerprint density at radius 3 is 2.46 bits per heavy atom. The van der Waals surface area contributed by atoms with Crippen molar-refractivity contribution in [1.29, 1.82) is 5.26 Å². The zero-order chi connectivity index (χ0) is 18.5. The van der Waals surface area contributed by atoms with E-state index in [1.165, 1.54) is 6.08 Å². The molecule has 0 amide bonds. The van der Waals surface area contributed by atoms with Gasteiger partial charge in [0.05, 0.1) is 23.0 Å². The number of rotatable bonds is 4. The molecule has 26 heavy (non-hydrogen) atoms. The van der Waals surface area contributed by atoms with Crippen LogP contribution in [0.5, 0.6) is 5.75 Å². The first-order valence-electron chi connectivity index (χ1n) is 8.10. The van der Waals surface area contributed by atoms with Gasteiger partial charge in [0.1, 0.15) is 5.75 Å². The van der Waals surface area contributed by atoms with Gasteiger partial charge in [0, 0.05) is 17.3 Å². The molecule has 1 heterocycles. The molecule has 1 aromatic heterocycles. The zero-order valence-electron chi connectivity index (χ0n) is 14.5. The molecular weight excluding hydrogens is 326 g/mol. The third kappa shape index (κ3) is 3.70. The van der Waals surface area contributed by atoms with Crippen molar-refractivity contribution in [3.05, 3.63) is 83.2 Å². The maximum absolute atomic E-state index is 12.0. The number of esters is 1. The summed E-state index contributed by atoms with van der Waals surface area (Å²) in [4.78, 5) is 12.0. The predicted molar refractivity (Wildman–Crippen MR) is 98.9 cm³/mol. The molecular formula is C21H17N3O2. The van der Waals surface area contributed by atoms with Crippen LogP contribution in [0.1, 0.15) is 22.5 Å². The van der Waals surface area contributed by atoms with Crippen molar-refractivity contribution < 1.29 is 9.53 Å². The van der Waals surface area contributed by atoms with Crippen molar-refractivity contribution in [2.75, 3.05) is 0 Å². The van der Waals surface area contributed by atoms with Crippen LogP contribution in [0.15, 0.2) is 60.7 Å². The van der Waals surface area contributed by atoms with Gasteiger partial charge in [-0.2, -0.15) is 10.4 Å². The van der Waals surface area contributed by atoms with Crippen molar-refractivity contribution in [2.45, 2.75) is 13.8 Å². The number of aryl methyl sites for hydroxylation is 1. The minimum Gasteiger partial charge on any atom is -0.423 e. The molecule has 0 N–H and O–H groups in total. The summed E-state index contributed by atoms with van der Waals surface area (Å²) in [5.41, 5.74) is 4.13. The zero-order valence-corrected chi connectivity index (χ0v) is 14.5. The van der Waals surface area contributed by atoms with E-state index in [9.17, 15) is 4.79 Å². The number of ether oxygens (including phenoxy) is 1. The third-order valence-electron chi connectivity index (χ3n) is 3.94. The fraction of sp³-hybridized carbons (Fsp3) is 0.0952. The van der Waals surface area contributed by atoms with Crippen molar-refractivity contribution >= 4 is 12.0 Å². The molecule has 0 aliphatic rings. The maximum Gasteiger partial charge on any atom is 0.336 e. The molecule has 0 radical (unpaired) electrons. The Morgan fingerprint density at radius 2 is 1.81 bits per heavy atom. The molecule has 0 aliphatic carbocycles. The average Bonchev–Trinajstić information content (AvgIpc) is 2.95. The molecule has 0 unspecified atom stereocenters. The highest BCUT2D eigenvalue weighted by Gasteiger charge is 2.11. The molecule has 0 bridgehead atoms. The van der Waals surface area contributed by atoms with E-state index in [1.807, 2.05) is 54.9 Å². The van der Waals surface area contributed by atoms with Crippen molar-refractivity contribution in [2.24, 2.45) is 0 Å². The first-order valence-corrected chi connectivity index (χ1v) is 8.10. The van der Waals surface area contributed by atoms with E-state index in [0.717, 1.165) is 22.6 Å². The Bertz CT molecular complexity index is 994. The summed E-state index contributed by atoms with van der Waals surface area (Å²) in [6, 6.07) is 18.2. The minimum atomic E-state index is -0.485. The van der Waals surface area contributed by atoms with E-state index in [1.54, 1.807) is 30.3 Å². The number of para-hydroxylation sites is 1. The fourth-order valence-electron chi connectivity index (χ4n) is 2.62. The number of hydrogen-bond donors (Lipinski definition) is 0. The van der Waals surface area contributed by atoms with Crippen molar-refractivity contribution in [1.82, 2.24) is 9.78 Å². The highest BCUT2D eigenvalue weighted by atomic mass is 16.5. The Hall–Kier alpha value is -3.65. The third-order valence-corrected chi connectivity index (χ3v) is 3.94. The molecule has 2 aromatic carbocycles. The van der Waals surface area contributed by atoms with Gasteiger partial charge in [0.2, 0.25) is 0 Å². The molecule has 5 nitrogen and oxygen atoms in total. The number of carbonyl (C=O) groups is 1. The van der Waals surface area contributed by atoms with Gasteiger partial charge in [0.25, 0.3) is 0 Å². The number of nitrogens with zero attached hydrogens (tertiary/aromatic N) is 3. The first-order chi connectivity index (χ1) is 12.6. The van der Waals surface area contributed by atoms with Gasteiger partial charge in [0.15, 0.2) is 0 Å².